The summed E-state index contributed by atoms with van der Waals surface area (Å²) >= 11 is 0. The molecule has 0 bridgehead atoms. The van der Waals surface area contributed by atoms with Crippen LogP contribution in [-0.2, 0) is 19.1 Å². The Hall–Kier alpha value is -3.35. The number of alkyl halides is 3. The van der Waals surface area contributed by atoms with Crippen LogP contribution in [0, 0.1) is 0 Å². The molecule has 1 N–H and O–H groups in total. The summed E-state index contributed by atoms with van der Waals surface area (Å²) in [6, 6.07) is 16.0. The van der Waals surface area contributed by atoms with Crippen LogP contribution < -0.4 is 10.2 Å². The maximum Gasteiger partial charge on any atom is 0.416 e. The van der Waals surface area contributed by atoms with Crippen LogP contribution in [0.4, 0.5) is 24.7 Å². The Labute approximate surface area is 166 Å². The van der Waals surface area contributed by atoms with Gasteiger partial charge in [0.15, 0.2) is 0 Å². The van der Waals surface area contributed by atoms with E-state index in [0.717, 1.165) is 49.5 Å². The molecule has 1 aromatic heterocycles. The Morgan fingerprint density at radius 1 is 0.966 bits per heavy atom. The van der Waals surface area contributed by atoms with Crippen molar-refractivity contribution in [3.63, 3.8) is 0 Å². The number of hydrogen-bond donors (Lipinski definition) is 1. The molecular formula is C22H18F3N3O. The van der Waals surface area contributed by atoms with Gasteiger partial charge in [-0.3, -0.25) is 4.79 Å². The Morgan fingerprint density at radius 2 is 1.69 bits per heavy atom. The summed E-state index contributed by atoms with van der Waals surface area (Å²) in [5, 5.41) is 2.61. The van der Waals surface area contributed by atoms with Crippen LogP contribution in [0.2, 0.25) is 0 Å². The lowest BCUT2D eigenvalue weighted by molar-refractivity contribution is -0.137. The van der Waals surface area contributed by atoms with Crippen molar-refractivity contribution in [1.82, 2.24) is 4.98 Å². The number of carbonyl (C=O) groups is 1. The predicted molar refractivity (Wildman–Crippen MR) is 105 cm³/mol. The lowest BCUT2D eigenvalue weighted by atomic mass is 10.00. The SMILES string of the molecule is O=C(Nc1ccc(N2CCc3ccccc3C2)cn1)c1ccc(C(F)(F)F)cc1. The number of nitrogens with zero attached hydrogens (tertiary/aromatic N) is 2. The highest BCUT2D eigenvalue weighted by Crippen LogP contribution is 2.29. The summed E-state index contributed by atoms with van der Waals surface area (Å²) in [6.07, 6.45) is -1.78. The van der Waals surface area contributed by atoms with Gasteiger partial charge >= 0.3 is 6.18 Å². The van der Waals surface area contributed by atoms with Crippen molar-refractivity contribution in [3.8, 4) is 0 Å². The first-order chi connectivity index (χ1) is 13.9. The molecule has 2 aromatic carbocycles. The van der Waals surface area contributed by atoms with Gasteiger partial charge in [0, 0.05) is 18.7 Å². The third kappa shape index (κ3) is 4.23. The number of pyridine rings is 1. The van der Waals surface area contributed by atoms with Crippen molar-refractivity contribution in [2.45, 2.75) is 19.1 Å². The molecule has 1 aliphatic rings. The molecule has 4 nitrogen and oxygen atoms in total. The summed E-state index contributed by atoms with van der Waals surface area (Å²) in [4.78, 5) is 18.8. The molecule has 0 fully saturated rings. The largest absolute Gasteiger partial charge is 0.416 e. The molecule has 4 rings (SSSR count). The van der Waals surface area contributed by atoms with E-state index in [1.54, 1.807) is 12.3 Å². The normalized spacial score (nSPS) is 13.7. The van der Waals surface area contributed by atoms with Gasteiger partial charge in [-0.15, -0.1) is 0 Å². The number of anilines is 2. The van der Waals surface area contributed by atoms with Gasteiger partial charge in [-0.1, -0.05) is 24.3 Å². The molecule has 148 valence electrons. The highest BCUT2D eigenvalue weighted by molar-refractivity contribution is 6.03. The summed E-state index contributed by atoms with van der Waals surface area (Å²) in [7, 11) is 0. The molecule has 0 radical (unpaired) electrons. The van der Waals surface area contributed by atoms with Gasteiger partial charge in [0.1, 0.15) is 5.82 Å². The second-order valence-electron chi connectivity index (χ2n) is 6.87. The number of nitrogens with one attached hydrogen (secondary N) is 1. The number of halogens is 3. The molecule has 1 aliphatic heterocycles. The Bertz CT molecular complexity index is 1010. The van der Waals surface area contributed by atoms with E-state index in [-0.39, 0.29) is 5.56 Å². The van der Waals surface area contributed by atoms with E-state index in [1.807, 2.05) is 18.2 Å². The Balaban J connectivity index is 1.41. The molecule has 0 saturated carbocycles. The van der Waals surface area contributed by atoms with Gasteiger partial charge in [-0.25, -0.2) is 4.98 Å². The molecule has 1 amide bonds. The number of benzene rings is 2. The van der Waals surface area contributed by atoms with Crippen LogP contribution in [-0.4, -0.2) is 17.4 Å². The third-order valence-corrected chi connectivity index (χ3v) is 4.96. The Morgan fingerprint density at radius 3 is 2.34 bits per heavy atom. The first-order valence-corrected chi connectivity index (χ1v) is 9.16. The summed E-state index contributed by atoms with van der Waals surface area (Å²) in [6.45, 7) is 1.69. The number of aromatic nitrogens is 1. The minimum Gasteiger partial charge on any atom is -0.366 e. The highest BCUT2D eigenvalue weighted by Gasteiger charge is 2.30. The molecule has 0 aliphatic carbocycles. The van der Waals surface area contributed by atoms with Crippen LogP contribution in [0.25, 0.3) is 0 Å². The van der Waals surface area contributed by atoms with Crippen LogP contribution in [0.1, 0.15) is 27.0 Å². The first-order valence-electron chi connectivity index (χ1n) is 9.16. The smallest absolute Gasteiger partial charge is 0.366 e. The van der Waals surface area contributed by atoms with E-state index >= 15 is 0 Å². The number of amides is 1. The monoisotopic (exact) mass is 397 g/mol. The van der Waals surface area contributed by atoms with Crippen LogP contribution >= 0.6 is 0 Å². The lowest BCUT2D eigenvalue weighted by Crippen LogP contribution is -2.30. The molecule has 0 unspecified atom stereocenters. The van der Waals surface area contributed by atoms with Crippen LogP contribution in [0.3, 0.4) is 0 Å². The van der Waals surface area contributed by atoms with E-state index in [1.165, 1.54) is 11.1 Å². The Kier molecular flexibility index (Phi) is 4.96. The number of rotatable bonds is 3. The zero-order valence-corrected chi connectivity index (χ0v) is 15.4. The van der Waals surface area contributed by atoms with Gasteiger partial charge in [-0.2, -0.15) is 13.2 Å². The van der Waals surface area contributed by atoms with Gasteiger partial charge < -0.3 is 10.2 Å². The van der Waals surface area contributed by atoms with Crippen molar-refractivity contribution >= 4 is 17.4 Å². The third-order valence-electron chi connectivity index (χ3n) is 4.96. The van der Waals surface area contributed by atoms with Gasteiger partial charge in [0.2, 0.25) is 0 Å². The van der Waals surface area contributed by atoms with Gasteiger partial charge in [0.25, 0.3) is 5.91 Å². The minimum absolute atomic E-state index is 0.136. The average Bonchev–Trinajstić information content (AvgIpc) is 2.73. The zero-order chi connectivity index (χ0) is 20.4. The quantitative estimate of drug-likeness (QED) is 0.683. The maximum atomic E-state index is 12.6. The maximum absolute atomic E-state index is 12.6. The highest BCUT2D eigenvalue weighted by atomic mass is 19.4. The molecule has 2 heterocycles. The molecule has 0 spiro atoms. The van der Waals surface area contributed by atoms with Crippen LogP contribution in [0.5, 0.6) is 0 Å². The van der Waals surface area contributed by atoms with E-state index in [0.29, 0.717) is 5.82 Å². The number of hydrogen-bond acceptors (Lipinski definition) is 3. The molecular weight excluding hydrogens is 379 g/mol. The molecule has 7 heteroatoms. The van der Waals surface area contributed by atoms with Gasteiger partial charge in [0.05, 0.1) is 17.4 Å². The molecule has 3 aromatic rings. The molecule has 29 heavy (non-hydrogen) atoms. The van der Waals surface area contributed by atoms with Crippen LogP contribution in [0.15, 0.2) is 66.9 Å². The molecule has 0 saturated heterocycles. The van der Waals surface area contributed by atoms with Crippen molar-refractivity contribution in [1.29, 1.82) is 0 Å². The first kappa shape index (κ1) is 19.0. The van der Waals surface area contributed by atoms with Crippen molar-refractivity contribution in [3.05, 3.63) is 89.1 Å². The predicted octanol–water partition coefficient (Wildman–Crippen LogP) is 4.92. The minimum atomic E-state index is -4.43. The second-order valence-corrected chi connectivity index (χ2v) is 6.87. The average molecular weight is 397 g/mol. The fourth-order valence-electron chi connectivity index (χ4n) is 3.36. The van der Waals surface area contributed by atoms with Gasteiger partial charge in [-0.05, 0) is 53.9 Å². The van der Waals surface area contributed by atoms with Crippen molar-refractivity contribution in [2.24, 2.45) is 0 Å². The standard InChI is InChI=1S/C22H18F3N3O/c23-22(24,25)18-7-5-16(6-8-18)21(29)27-20-10-9-19(13-26-20)28-12-11-15-3-1-2-4-17(15)14-28/h1-10,13H,11-12,14H2,(H,26,27,29). The fraction of sp³-hybridized carbons (Fsp3) is 0.182. The van der Waals surface area contributed by atoms with Crippen molar-refractivity contribution in [2.75, 3.05) is 16.8 Å². The van der Waals surface area contributed by atoms with E-state index in [2.05, 4.69) is 27.3 Å². The number of carbonyl (C=O) groups excluding carboxylic acids is 1. The van der Waals surface area contributed by atoms with E-state index < -0.39 is 17.6 Å². The fourth-order valence-corrected chi connectivity index (χ4v) is 3.36. The topological polar surface area (TPSA) is 45.2 Å². The molecule has 0 atom stereocenters. The lowest BCUT2D eigenvalue weighted by Gasteiger charge is -2.30. The summed E-state index contributed by atoms with van der Waals surface area (Å²) < 4.78 is 37.9. The summed E-state index contributed by atoms with van der Waals surface area (Å²) in [5.41, 5.74) is 2.94. The number of fused-ring (bicyclic) bond motifs is 1. The summed E-state index contributed by atoms with van der Waals surface area (Å²) in [5.74, 6) is -0.165. The van der Waals surface area contributed by atoms with E-state index in [4.69, 9.17) is 0 Å². The van der Waals surface area contributed by atoms with Crippen molar-refractivity contribution < 1.29 is 18.0 Å². The second kappa shape index (κ2) is 7.58. The zero-order valence-electron chi connectivity index (χ0n) is 15.4. The van der Waals surface area contributed by atoms with E-state index in [9.17, 15) is 18.0 Å².